The van der Waals surface area contributed by atoms with Crippen molar-refractivity contribution in [2.24, 2.45) is 4.99 Å². The maximum atomic E-state index is 14.3. The molecule has 1 unspecified atom stereocenters. The predicted molar refractivity (Wildman–Crippen MR) is 84.7 cm³/mol. The van der Waals surface area contributed by atoms with E-state index in [-0.39, 0.29) is 11.5 Å². The highest BCUT2D eigenvalue weighted by Gasteiger charge is 2.69. The third-order valence-corrected chi connectivity index (χ3v) is 4.51. The molecule has 1 fully saturated rings. The molecule has 1 aliphatic heterocycles. The van der Waals surface area contributed by atoms with Gasteiger partial charge in [0.1, 0.15) is 0 Å². The summed E-state index contributed by atoms with van der Waals surface area (Å²) < 4.78 is 54.1. The van der Waals surface area contributed by atoms with Crippen LogP contribution in [0.25, 0.3) is 0 Å². The van der Waals surface area contributed by atoms with E-state index in [4.69, 9.17) is 9.47 Å². The van der Waals surface area contributed by atoms with E-state index in [9.17, 15) is 13.2 Å². The van der Waals surface area contributed by atoms with Crippen LogP contribution in [0, 0.1) is 0 Å². The van der Waals surface area contributed by atoms with Gasteiger partial charge in [-0.2, -0.15) is 13.2 Å². The van der Waals surface area contributed by atoms with Crippen LogP contribution in [0.1, 0.15) is 51.5 Å². The first-order valence-corrected chi connectivity index (χ1v) is 8.38. The molecule has 24 heavy (non-hydrogen) atoms. The Labute approximate surface area is 139 Å². The molecule has 1 spiro atoms. The minimum Gasteiger partial charge on any atom is -0.476 e. The second kappa shape index (κ2) is 6.06. The lowest BCUT2D eigenvalue weighted by molar-refractivity contribution is -0.283. The van der Waals surface area contributed by atoms with Crippen molar-refractivity contribution in [3.05, 3.63) is 35.9 Å². The summed E-state index contributed by atoms with van der Waals surface area (Å²) in [5.41, 5.74) is -3.75. The Hall–Kier alpha value is -1.56. The summed E-state index contributed by atoms with van der Waals surface area (Å²) in [4.78, 5) is 4.37. The van der Waals surface area contributed by atoms with Gasteiger partial charge in [-0.3, -0.25) is 0 Å². The summed E-state index contributed by atoms with van der Waals surface area (Å²) in [6.07, 6.45) is -1.50. The van der Waals surface area contributed by atoms with Gasteiger partial charge in [0.2, 0.25) is 5.90 Å². The molecule has 0 amide bonds. The molecule has 132 valence electrons. The molecule has 6 heteroatoms. The number of nitrogens with zero attached hydrogens (tertiary/aromatic N) is 1. The number of ether oxygens (including phenoxy) is 2. The molecule has 0 bridgehead atoms. The molecule has 2 aliphatic rings. The maximum Gasteiger partial charge on any atom is 0.430 e. The summed E-state index contributed by atoms with van der Waals surface area (Å²) >= 11 is 0. The minimum atomic E-state index is -4.66. The molecule has 3 nitrogen and oxygen atoms in total. The molecule has 1 aliphatic carbocycles. The van der Waals surface area contributed by atoms with Crippen molar-refractivity contribution in [2.75, 3.05) is 0 Å². The highest BCUT2D eigenvalue weighted by atomic mass is 19.4. The van der Waals surface area contributed by atoms with Gasteiger partial charge in [-0.1, -0.05) is 36.8 Å². The summed E-state index contributed by atoms with van der Waals surface area (Å²) in [5.74, 6) is -0.363. The Bertz CT molecular complexity index is 606. The largest absolute Gasteiger partial charge is 0.476 e. The van der Waals surface area contributed by atoms with Gasteiger partial charge in [-0.25, -0.2) is 4.99 Å². The summed E-state index contributed by atoms with van der Waals surface area (Å²) in [6, 6.07) is 7.68. The van der Waals surface area contributed by atoms with Crippen LogP contribution in [0.2, 0.25) is 0 Å². The fourth-order valence-electron chi connectivity index (χ4n) is 3.46. The summed E-state index contributed by atoms with van der Waals surface area (Å²) in [7, 11) is 0. The second-order valence-electron chi connectivity index (χ2n) is 6.74. The lowest BCUT2D eigenvalue weighted by Gasteiger charge is -2.37. The third-order valence-electron chi connectivity index (χ3n) is 4.51. The van der Waals surface area contributed by atoms with Gasteiger partial charge in [0.25, 0.3) is 5.60 Å². The molecule has 0 aromatic heterocycles. The van der Waals surface area contributed by atoms with Crippen molar-refractivity contribution in [3.63, 3.8) is 0 Å². The van der Waals surface area contributed by atoms with Crippen LogP contribution in [0.4, 0.5) is 13.2 Å². The van der Waals surface area contributed by atoms with Crippen LogP contribution >= 0.6 is 0 Å². The Kier molecular flexibility index (Phi) is 4.36. The Morgan fingerprint density at radius 1 is 1.08 bits per heavy atom. The normalized spacial score (nSPS) is 26.7. The number of aliphatic imine (C=N–C) groups is 1. The van der Waals surface area contributed by atoms with Gasteiger partial charge in [-0.15, -0.1) is 0 Å². The number of alkyl halides is 3. The Morgan fingerprint density at radius 2 is 1.71 bits per heavy atom. The average Bonchev–Trinajstić information content (AvgIpc) is 2.82. The monoisotopic (exact) mass is 341 g/mol. The highest BCUT2D eigenvalue weighted by Crippen LogP contribution is 2.53. The van der Waals surface area contributed by atoms with E-state index < -0.39 is 23.6 Å². The fourth-order valence-corrected chi connectivity index (χ4v) is 3.46. The van der Waals surface area contributed by atoms with Crippen molar-refractivity contribution < 1.29 is 22.6 Å². The van der Waals surface area contributed by atoms with Crippen molar-refractivity contribution in [1.29, 1.82) is 0 Å². The Balaban J connectivity index is 2.14. The van der Waals surface area contributed by atoms with Crippen LogP contribution < -0.4 is 0 Å². The minimum absolute atomic E-state index is 0.0133. The highest BCUT2D eigenvalue weighted by molar-refractivity contribution is 5.89. The molecule has 1 atom stereocenters. The van der Waals surface area contributed by atoms with Gasteiger partial charge in [-0.05, 0) is 39.5 Å². The van der Waals surface area contributed by atoms with Gasteiger partial charge in [0.15, 0.2) is 5.72 Å². The number of benzene rings is 1. The van der Waals surface area contributed by atoms with Gasteiger partial charge < -0.3 is 9.47 Å². The lowest BCUT2D eigenvalue weighted by atomic mass is 9.90. The molecule has 1 saturated carbocycles. The van der Waals surface area contributed by atoms with Crippen LogP contribution in [-0.2, 0) is 15.1 Å². The number of hydrogen-bond acceptors (Lipinski definition) is 3. The third kappa shape index (κ3) is 2.81. The van der Waals surface area contributed by atoms with Crippen molar-refractivity contribution >= 4 is 5.90 Å². The predicted octanol–water partition coefficient (Wildman–Crippen LogP) is 4.96. The zero-order valence-corrected chi connectivity index (χ0v) is 13.9. The summed E-state index contributed by atoms with van der Waals surface area (Å²) in [6.45, 7) is 3.39. The van der Waals surface area contributed by atoms with E-state index in [1.54, 1.807) is 32.0 Å². The second-order valence-corrected chi connectivity index (χ2v) is 6.74. The molecule has 1 aromatic rings. The van der Waals surface area contributed by atoms with Crippen LogP contribution in [0.3, 0.4) is 0 Å². The quantitative estimate of drug-likeness (QED) is 0.761. The zero-order chi connectivity index (χ0) is 17.4. The molecule has 1 heterocycles. The lowest BCUT2D eigenvalue weighted by Crippen LogP contribution is -2.52. The molecular formula is C18H22F3NO2. The number of hydrogen-bond donors (Lipinski definition) is 0. The van der Waals surface area contributed by atoms with E-state index in [1.165, 1.54) is 12.1 Å². The van der Waals surface area contributed by atoms with E-state index >= 15 is 0 Å². The van der Waals surface area contributed by atoms with E-state index in [0.717, 1.165) is 19.3 Å². The van der Waals surface area contributed by atoms with E-state index in [0.29, 0.717) is 12.8 Å². The van der Waals surface area contributed by atoms with E-state index in [2.05, 4.69) is 4.99 Å². The number of rotatable bonds is 2. The molecule has 0 N–H and O–H groups in total. The Morgan fingerprint density at radius 3 is 2.25 bits per heavy atom. The van der Waals surface area contributed by atoms with Gasteiger partial charge >= 0.3 is 6.18 Å². The molecule has 0 radical (unpaired) electrons. The zero-order valence-electron chi connectivity index (χ0n) is 13.9. The van der Waals surface area contributed by atoms with Crippen LogP contribution in [0.15, 0.2) is 35.3 Å². The fraction of sp³-hybridized carbons (Fsp3) is 0.611. The molecule has 3 rings (SSSR count). The van der Waals surface area contributed by atoms with Crippen molar-refractivity contribution in [2.45, 2.75) is 69.6 Å². The van der Waals surface area contributed by atoms with Crippen LogP contribution in [-0.4, -0.2) is 23.9 Å². The van der Waals surface area contributed by atoms with E-state index in [1.807, 2.05) is 0 Å². The number of halogens is 3. The first-order chi connectivity index (χ1) is 11.3. The SMILES string of the molecule is CC(C)OC1=NC2(CCCCC2)OC1(c1ccccc1)C(F)(F)F. The van der Waals surface area contributed by atoms with Crippen molar-refractivity contribution in [1.82, 2.24) is 0 Å². The van der Waals surface area contributed by atoms with Gasteiger partial charge in [0.05, 0.1) is 6.10 Å². The smallest absolute Gasteiger partial charge is 0.430 e. The van der Waals surface area contributed by atoms with Gasteiger partial charge in [0, 0.05) is 5.56 Å². The molecular weight excluding hydrogens is 319 g/mol. The summed E-state index contributed by atoms with van der Waals surface area (Å²) in [5, 5.41) is 0. The standard InChI is InChI=1S/C18H22F3NO2/c1-13(2)23-15-17(18(19,20)21,14-9-5-3-6-10-14)24-16(22-15)11-7-4-8-12-16/h3,5-6,9-10,13H,4,7-8,11-12H2,1-2H3. The maximum absolute atomic E-state index is 14.3. The average molecular weight is 341 g/mol. The molecule has 1 aromatic carbocycles. The van der Waals surface area contributed by atoms with Crippen molar-refractivity contribution in [3.8, 4) is 0 Å². The first kappa shape index (κ1) is 17.3. The molecule has 0 saturated heterocycles. The first-order valence-electron chi connectivity index (χ1n) is 8.38. The topological polar surface area (TPSA) is 30.8 Å². The van der Waals surface area contributed by atoms with Crippen LogP contribution in [0.5, 0.6) is 0 Å².